The molecule has 1 aliphatic rings. The molecule has 0 aliphatic heterocycles. The summed E-state index contributed by atoms with van der Waals surface area (Å²) in [4.78, 5) is 0. The summed E-state index contributed by atoms with van der Waals surface area (Å²) < 4.78 is 0. The zero-order valence-corrected chi connectivity index (χ0v) is 5.68. The molecule has 0 aromatic rings. The fourth-order valence-corrected chi connectivity index (χ4v) is 1.46. The topological polar surface area (TPSA) is 45.9 Å². The van der Waals surface area contributed by atoms with Gasteiger partial charge >= 0.3 is 0 Å². The van der Waals surface area contributed by atoms with E-state index in [0.717, 1.165) is 19.3 Å². The van der Waals surface area contributed by atoms with Gasteiger partial charge in [-0.3, -0.25) is 0 Å². The van der Waals surface area contributed by atoms with Gasteiger partial charge in [0.05, 0.1) is 6.10 Å². The minimum absolute atomic E-state index is 0.313. The van der Waals surface area contributed by atoms with E-state index in [0.29, 0.717) is 12.5 Å². The number of nitrogens with two attached hydrogens (primary N) is 1. The van der Waals surface area contributed by atoms with Crippen molar-refractivity contribution in [2.45, 2.75) is 31.8 Å². The summed E-state index contributed by atoms with van der Waals surface area (Å²) in [7, 11) is 0. The first-order valence-corrected chi connectivity index (χ1v) is 3.69. The van der Waals surface area contributed by atoms with Gasteiger partial charge in [-0.1, -0.05) is 6.42 Å². The van der Waals surface area contributed by atoms with Crippen LogP contribution in [0.3, 0.4) is 0 Å². The molecule has 2 heteroatoms. The molecule has 0 bridgehead atoms. The molecule has 0 aromatic heterocycles. The van der Waals surface area contributed by atoms with Crippen LogP contribution in [0.5, 0.6) is 0 Å². The standard InChI is InChI=1S/C7H14NO/c8-5-6-2-1-3-7(9)4-6/h6-7H,1-5,8H2. The average molecular weight is 128 g/mol. The highest BCUT2D eigenvalue weighted by atomic mass is 16.3. The molecule has 1 radical (unpaired) electrons. The lowest BCUT2D eigenvalue weighted by molar-refractivity contribution is 0.0379. The van der Waals surface area contributed by atoms with Gasteiger partial charge in [0, 0.05) is 0 Å². The van der Waals surface area contributed by atoms with Crippen molar-refractivity contribution < 1.29 is 5.11 Å². The molecule has 2 atom stereocenters. The molecule has 1 saturated carbocycles. The summed E-state index contributed by atoms with van der Waals surface area (Å²) in [5.41, 5.74) is 5.43. The van der Waals surface area contributed by atoms with E-state index in [-0.39, 0.29) is 6.10 Å². The highest BCUT2D eigenvalue weighted by Gasteiger charge is 2.19. The van der Waals surface area contributed by atoms with Crippen molar-refractivity contribution in [1.82, 2.24) is 0 Å². The van der Waals surface area contributed by atoms with Crippen LogP contribution in [-0.4, -0.2) is 12.6 Å². The molecule has 0 amide bonds. The molecule has 1 rings (SSSR count). The van der Waals surface area contributed by atoms with Gasteiger partial charge in [0.2, 0.25) is 0 Å². The lowest BCUT2D eigenvalue weighted by Crippen LogP contribution is -2.24. The van der Waals surface area contributed by atoms with Crippen LogP contribution in [0, 0.1) is 5.92 Å². The van der Waals surface area contributed by atoms with E-state index in [1.54, 1.807) is 0 Å². The highest BCUT2D eigenvalue weighted by Crippen LogP contribution is 2.23. The van der Waals surface area contributed by atoms with E-state index < -0.39 is 0 Å². The highest BCUT2D eigenvalue weighted by molar-refractivity contribution is 4.71. The molecular formula is C7H14NO. The largest absolute Gasteiger partial charge is 0.330 e. The van der Waals surface area contributed by atoms with Gasteiger partial charge in [0.15, 0.2) is 0 Å². The number of hydrogen-bond acceptors (Lipinski definition) is 1. The van der Waals surface area contributed by atoms with Gasteiger partial charge in [-0.25, -0.2) is 5.11 Å². The molecule has 0 spiro atoms. The third kappa shape index (κ3) is 1.95. The van der Waals surface area contributed by atoms with Gasteiger partial charge in [0.1, 0.15) is 0 Å². The van der Waals surface area contributed by atoms with Crippen LogP contribution in [0.15, 0.2) is 0 Å². The van der Waals surface area contributed by atoms with Gasteiger partial charge in [-0.05, 0) is 31.7 Å². The van der Waals surface area contributed by atoms with E-state index in [4.69, 9.17) is 5.73 Å². The quantitative estimate of drug-likeness (QED) is 0.561. The van der Waals surface area contributed by atoms with E-state index >= 15 is 0 Å². The SMILES string of the molecule is NCC1CCCC([O])C1. The third-order valence-corrected chi connectivity index (χ3v) is 2.07. The van der Waals surface area contributed by atoms with Crippen molar-refractivity contribution >= 4 is 0 Å². The van der Waals surface area contributed by atoms with Crippen molar-refractivity contribution in [3.05, 3.63) is 0 Å². The van der Waals surface area contributed by atoms with Crippen LogP contribution >= 0.6 is 0 Å². The second kappa shape index (κ2) is 3.18. The van der Waals surface area contributed by atoms with Gasteiger partial charge < -0.3 is 5.73 Å². The Bertz CT molecular complexity index is 85.0. The molecule has 1 fully saturated rings. The Hall–Kier alpha value is -0.0800. The summed E-state index contributed by atoms with van der Waals surface area (Å²) in [6.45, 7) is 0.707. The molecule has 9 heavy (non-hydrogen) atoms. The first kappa shape index (κ1) is 7.03. The van der Waals surface area contributed by atoms with E-state index in [1.807, 2.05) is 0 Å². The Kier molecular flexibility index (Phi) is 2.49. The van der Waals surface area contributed by atoms with Gasteiger partial charge in [-0.2, -0.15) is 0 Å². The zero-order chi connectivity index (χ0) is 6.69. The summed E-state index contributed by atoms with van der Waals surface area (Å²) in [6.07, 6.45) is 3.64. The van der Waals surface area contributed by atoms with Crippen molar-refractivity contribution in [2.24, 2.45) is 11.7 Å². The first-order chi connectivity index (χ1) is 4.33. The lowest BCUT2D eigenvalue weighted by atomic mass is 9.87. The number of hydrogen-bond donors (Lipinski definition) is 1. The maximum absolute atomic E-state index is 10.9. The number of rotatable bonds is 1. The molecule has 53 valence electrons. The summed E-state index contributed by atoms with van der Waals surface area (Å²) in [6, 6.07) is 0. The van der Waals surface area contributed by atoms with Crippen LogP contribution in [-0.2, 0) is 5.11 Å². The lowest BCUT2D eigenvalue weighted by Gasteiger charge is -2.22. The zero-order valence-electron chi connectivity index (χ0n) is 5.68. The van der Waals surface area contributed by atoms with Crippen molar-refractivity contribution in [2.75, 3.05) is 6.54 Å². The summed E-state index contributed by atoms with van der Waals surface area (Å²) in [5.74, 6) is 0.529. The Balaban J connectivity index is 2.23. The average Bonchev–Trinajstić information content (AvgIpc) is 1.88. The van der Waals surface area contributed by atoms with Crippen molar-refractivity contribution in [1.29, 1.82) is 0 Å². The predicted molar refractivity (Wildman–Crippen MR) is 35.5 cm³/mol. The van der Waals surface area contributed by atoms with Gasteiger partial charge in [0.25, 0.3) is 0 Å². The Morgan fingerprint density at radius 1 is 1.44 bits per heavy atom. The van der Waals surface area contributed by atoms with Crippen LogP contribution in [0.4, 0.5) is 0 Å². The van der Waals surface area contributed by atoms with E-state index in [2.05, 4.69) is 0 Å². The van der Waals surface area contributed by atoms with Crippen molar-refractivity contribution in [3.63, 3.8) is 0 Å². The minimum atomic E-state index is -0.313. The molecule has 1 aliphatic carbocycles. The Morgan fingerprint density at radius 2 is 2.22 bits per heavy atom. The Labute approximate surface area is 56.1 Å². The summed E-state index contributed by atoms with van der Waals surface area (Å²) in [5, 5.41) is 10.9. The second-order valence-corrected chi connectivity index (χ2v) is 2.89. The predicted octanol–water partition coefficient (Wildman–Crippen LogP) is 0.934. The molecule has 2 N–H and O–H groups in total. The molecule has 0 aromatic carbocycles. The fourth-order valence-electron chi connectivity index (χ4n) is 1.46. The van der Waals surface area contributed by atoms with Gasteiger partial charge in [-0.15, -0.1) is 0 Å². The monoisotopic (exact) mass is 128 g/mol. The maximum Gasteiger partial charge on any atom is 0.0933 e. The fraction of sp³-hybridized carbons (Fsp3) is 1.00. The van der Waals surface area contributed by atoms with E-state index in [9.17, 15) is 5.11 Å². The van der Waals surface area contributed by atoms with Crippen LogP contribution < -0.4 is 5.73 Å². The molecular weight excluding hydrogens is 114 g/mol. The smallest absolute Gasteiger partial charge is 0.0933 e. The Morgan fingerprint density at radius 3 is 2.67 bits per heavy atom. The summed E-state index contributed by atoms with van der Waals surface area (Å²) >= 11 is 0. The molecule has 2 nitrogen and oxygen atoms in total. The van der Waals surface area contributed by atoms with Crippen molar-refractivity contribution in [3.8, 4) is 0 Å². The van der Waals surface area contributed by atoms with Crippen LogP contribution in [0.25, 0.3) is 0 Å². The second-order valence-electron chi connectivity index (χ2n) is 2.89. The first-order valence-electron chi connectivity index (χ1n) is 3.69. The van der Waals surface area contributed by atoms with Crippen LogP contribution in [0.2, 0.25) is 0 Å². The third-order valence-electron chi connectivity index (χ3n) is 2.07. The molecule has 2 unspecified atom stereocenters. The maximum atomic E-state index is 10.9. The van der Waals surface area contributed by atoms with Crippen LogP contribution in [0.1, 0.15) is 25.7 Å². The molecule has 0 saturated heterocycles. The molecule has 0 heterocycles. The normalized spacial score (nSPS) is 36.7. The minimum Gasteiger partial charge on any atom is -0.330 e. The van der Waals surface area contributed by atoms with E-state index in [1.165, 1.54) is 6.42 Å².